The van der Waals surface area contributed by atoms with E-state index in [0.717, 1.165) is 0 Å². The number of halogens is 1. The number of sulfonamides is 1. The maximum absolute atomic E-state index is 12.2. The lowest BCUT2D eigenvalue weighted by Crippen LogP contribution is -2.35. The van der Waals surface area contributed by atoms with Crippen LogP contribution in [0.4, 0.5) is 0 Å². The summed E-state index contributed by atoms with van der Waals surface area (Å²) < 4.78 is 26.7. The van der Waals surface area contributed by atoms with Crippen LogP contribution < -0.4 is 4.72 Å². The van der Waals surface area contributed by atoms with Gasteiger partial charge in [0.15, 0.2) is 0 Å². The molecule has 1 aromatic rings. The molecule has 0 aliphatic carbocycles. The van der Waals surface area contributed by atoms with Gasteiger partial charge in [-0.3, -0.25) is 4.79 Å². The molecule has 1 unspecified atom stereocenters. The molecule has 0 saturated carbocycles. The van der Waals surface area contributed by atoms with E-state index >= 15 is 0 Å². The SMILES string of the molecule is Cc1c(Cl)cccc1S(=O)(=O)NCC(C(=O)O)C(C)C. The largest absolute Gasteiger partial charge is 0.481 e. The molecule has 0 spiro atoms. The Bertz CT molecular complexity index is 598. The third-order valence-electron chi connectivity index (χ3n) is 3.12. The number of nitrogens with one attached hydrogen (secondary N) is 1. The zero-order chi connectivity index (χ0) is 15.5. The Labute approximate surface area is 124 Å². The predicted octanol–water partition coefficient (Wildman–Crippen LogP) is 2.28. The van der Waals surface area contributed by atoms with E-state index in [2.05, 4.69) is 4.72 Å². The molecule has 112 valence electrons. The molecule has 0 aromatic heterocycles. The number of carboxylic acids is 1. The average Bonchev–Trinajstić information content (AvgIpc) is 2.31. The molecule has 0 fully saturated rings. The first-order chi connectivity index (χ1) is 9.16. The lowest BCUT2D eigenvalue weighted by molar-refractivity contribution is -0.142. The minimum atomic E-state index is -3.77. The van der Waals surface area contributed by atoms with E-state index in [4.69, 9.17) is 16.7 Å². The van der Waals surface area contributed by atoms with Crippen molar-refractivity contribution in [3.05, 3.63) is 28.8 Å². The third kappa shape index (κ3) is 3.94. The van der Waals surface area contributed by atoms with Crippen molar-refractivity contribution in [2.24, 2.45) is 11.8 Å². The van der Waals surface area contributed by atoms with E-state index in [9.17, 15) is 13.2 Å². The van der Waals surface area contributed by atoms with Crippen molar-refractivity contribution in [1.29, 1.82) is 0 Å². The number of aliphatic carboxylic acids is 1. The van der Waals surface area contributed by atoms with Crippen molar-refractivity contribution in [3.63, 3.8) is 0 Å². The van der Waals surface area contributed by atoms with Crippen LogP contribution in [0, 0.1) is 18.8 Å². The van der Waals surface area contributed by atoms with Crippen LogP contribution in [0.5, 0.6) is 0 Å². The standard InChI is InChI=1S/C13H18ClNO4S/c1-8(2)10(13(16)17)7-15-20(18,19)12-6-4-5-11(14)9(12)3/h4-6,8,10,15H,7H2,1-3H3,(H,16,17). The molecule has 0 heterocycles. The van der Waals surface area contributed by atoms with Gasteiger partial charge in [0.05, 0.1) is 10.8 Å². The van der Waals surface area contributed by atoms with Crippen molar-refractivity contribution < 1.29 is 18.3 Å². The predicted molar refractivity (Wildman–Crippen MR) is 77.3 cm³/mol. The van der Waals surface area contributed by atoms with Gasteiger partial charge >= 0.3 is 5.97 Å². The number of hydrogen-bond acceptors (Lipinski definition) is 3. The molecule has 2 N–H and O–H groups in total. The molecule has 5 nitrogen and oxygen atoms in total. The normalized spacial score (nSPS) is 13.4. The lowest BCUT2D eigenvalue weighted by Gasteiger charge is -2.17. The second-order valence-electron chi connectivity index (χ2n) is 4.90. The Kier molecular flexibility index (Phi) is 5.56. The van der Waals surface area contributed by atoms with Crippen molar-refractivity contribution in [3.8, 4) is 0 Å². The summed E-state index contributed by atoms with van der Waals surface area (Å²) in [5.74, 6) is -1.97. The van der Waals surface area contributed by atoms with Gasteiger partial charge in [0.1, 0.15) is 0 Å². The van der Waals surface area contributed by atoms with Gasteiger partial charge in [-0.25, -0.2) is 13.1 Å². The van der Waals surface area contributed by atoms with Gasteiger partial charge in [-0.05, 0) is 30.5 Å². The van der Waals surface area contributed by atoms with Gasteiger partial charge in [-0.15, -0.1) is 0 Å². The Morgan fingerprint density at radius 2 is 2.00 bits per heavy atom. The number of hydrogen-bond donors (Lipinski definition) is 2. The van der Waals surface area contributed by atoms with E-state index in [-0.39, 0.29) is 17.4 Å². The molecule has 1 atom stereocenters. The fraction of sp³-hybridized carbons (Fsp3) is 0.462. The van der Waals surface area contributed by atoms with Crippen molar-refractivity contribution >= 4 is 27.6 Å². The topological polar surface area (TPSA) is 83.5 Å². The number of carbonyl (C=O) groups is 1. The second-order valence-corrected chi connectivity index (χ2v) is 7.05. The van der Waals surface area contributed by atoms with Gasteiger partial charge in [0.2, 0.25) is 10.0 Å². The summed E-state index contributed by atoms with van der Waals surface area (Å²) in [6.45, 7) is 4.92. The third-order valence-corrected chi connectivity index (χ3v) is 5.10. The van der Waals surface area contributed by atoms with Crippen LogP contribution in [0.1, 0.15) is 19.4 Å². The van der Waals surface area contributed by atoms with Crippen LogP contribution >= 0.6 is 11.6 Å². The van der Waals surface area contributed by atoms with Crippen LogP contribution in [0.3, 0.4) is 0 Å². The van der Waals surface area contributed by atoms with Crippen LogP contribution in [-0.4, -0.2) is 26.0 Å². The molecule has 0 aliphatic rings. The van der Waals surface area contributed by atoms with Crippen LogP contribution in [0.25, 0.3) is 0 Å². The molecule has 0 aliphatic heterocycles. The molecular formula is C13H18ClNO4S. The highest BCUT2D eigenvalue weighted by Gasteiger charge is 2.25. The smallest absolute Gasteiger partial charge is 0.308 e. The van der Waals surface area contributed by atoms with Crippen molar-refractivity contribution in [1.82, 2.24) is 4.72 Å². The lowest BCUT2D eigenvalue weighted by atomic mass is 9.97. The van der Waals surface area contributed by atoms with E-state index in [0.29, 0.717) is 10.6 Å². The Balaban J connectivity index is 2.96. The highest BCUT2D eigenvalue weighted by molar-refractivity contribution is 7.89. The minimum Gasteiger partial charge on any atom is -0.481 e. The first kappa shape index (κ1) is 16.9. The maximum Gasteiger partial charge on any atom is 0.308 e. The van der Waals surface area contributed by atoms with Crippen LogP contribution in [0.15, 0.2) is 23.1 Å². The number of rotatable bonds is 6. The summed E-state index contributed by atoms with van der Waals surface area (Å²) >= 11 is 5.90. The Morgan fingerprint density at radius 1 is 1.40 bits per heavy atom. The molecule has 1 rings (SSSR count). The van der Waals surface area contributed by atoms with Gasteiger partial charge < -0.3 is 5.11 Å². The Hall–Kier alpha value is -1.11. The molecule has 1 aromatic carbocycles. The quantitative estimate of drug-likeness (QED) is 0.842. The summed E-state index contributed by atoms with van der Waals surface area (Å²) in [5, 5.41) is 9.41. The second kappa shape index (κ2) is 6.56. The van der Waals surface area contributed by atoms with Gasteiger partial charge in [-0.1, -0.05) is 31.5 Å². The molecule has 0 radical (unpaired) electrons. The average molecular weight is 320 g/mol. The molecule has 0 bridgehead atoms. The van der Waals surface area contributed by atoms with E-state index in [1.165, 1.54) is 6.07 Å². The van der Waals surface area contributed by atoms with E-state index in [1.807, 2.05) is 0 Å². The number of carboxylic acid groups (broad SMARTS) is 1. The molecule has 7 heteroatoms. The van der Waals surface area contributed by atoms with Crippen molar-refractivity contribution in [2.45, 2.75) is 25.7 Å². The molecule has 0 amide bonds. The molecule has 20 heavy (non-hydrogen) atoms. The zero-order valence-corrected chi connectivity index (χ0v) is 13.1. The maximum atomic E-state index is 12.2. The monoisotopic (exact) mass is 319 g/mol. The van der Waals surface area contributed by atoms with Gasteiger partial charge in [0.25, 0.3) is 0 Å². The van der Waals surface area contributed by atoms with Crippen LogP contribution in [-0.2, 0) is 14.8 Å². The van der Waals surface area contributed by atoms with Gasteiger partial charge in [0, 0.05) is 11.6 Å². The minimum absolute atomic E-state index is 0.0675. The summed E-state index contributed by atoms with van der Waals surface area (Å²) in [6, 6.07) is 4.58. The van der Waals surface area contributed by atoms with Crippen LogP contribution in [0.2, 0.25) is 5.02 Å². The summed E-state index contributed by atoms with van der Waals surface area (Å²) in [5.41, 5.74) is 0.443. The van der Waals surface area contributed by atoms with E-state index < -0.39 is 21.9 Å². The summed E-state index contributed by atoms with van der Waals surface area (Å²) in [7, 11) is -3.77. The highest BCUT2D eigenvalue weighted by atomic mass is 35.5. The number of benzene rings is 1. The first-order valence-corrected chi connectivity index (χ1v) is 8.00. The van der Waals surface area contributed by atoms with Crippen molar-refractivity contribution in [2.75, 3.05) is 6.54 Å². The first-order valence-electron chi connectivity index (χ1n) is 6.14. The fourth-order valence-electron chi connectivity index (χ4n) is 1.76. The Morgan fingerprint density at radius 3 is 2.50 bits per heavy atom. The van der Waals surface area contributed by atoms with E-state index in [1.54, 1.807) is 32.9 Å². The molecular weight excluding hydrogens is 302 g/mol. The summed E-state index contributed by atoms with van der Waals surface area (Å²) in [4.78, 5) is 11.1. The zero-order valence-electron chi connectivity index (χ0n) is 11.6. The highest BCUT2D eigenvalue weighted by Crippen LogP contribution is 2.22. The summed E-state index contributed by atoms with van der Waals surface area (Å²) in [6.07, 6.45) is 0. The molecule has 0 saturated heterocycles. The fourth-order valence-corrected chi connectivity index (χ4v) is 3.32. The van der Waals surface area contributed by atoms with Gasteiger partial charge in [-0.2, -0.15) is 0 Å².